The van der Waals surface area contributed by atoms with Crippen LogP contribution >= 0.6 is 11.6 Å². The highest BCUT2D eigenvalue weighted by molar-refractivity contribution is 6.32. The number of fused-ring (bicyclic) bond motifs is 1. The molecule has 0 atom stereocenters. The molecule has 1 aromatic carbocycles. The lowest BCUT2D eigenvalue weighted by molar-refractivity contribution is -0.143. The van der Waals surface area contributed by atoms with Gasteiger partial charge in [0.05, 0.1) is 5.02 Å². The smallest absolute Gasteiger partial charge is 0.331 e. The number of amides is 1. The molecule has 0 fully saturated rings. The summed E-state index contributed by atoms with van der Waals surface area (Å²) in [6.07, 6.45) is 4.64. The fourth-order valence-corrected chi connectivity index (χ4v) is 2.16. The molecule has 2 rings (SSSR count). The van der Waals surface area contributed by atoms with E-state index in [1.54, 1.807) is 12.1 Å². The Bertz CT molecular complexity index is 615. The number of carbonyl (C=O) groups excluding carboxylic acids is 2. The molecule has 1 N–H and O–H groups in total. The second-order valence-electron chi connectivity index (χ2n) is 4.88. The Hall–Kier alpha value is -2.21. The minimum absolute atomic E-state index is 0.122. The molecule has 1 aliphatic rings. The van der Waals surface area contributed by atoms with Crippen LogP contribution in [-0.4, -0.2) is 31.8 Å². The minimum atomic E-state index is -0.607. The maximum absolute atomic E-state index is 11.6. The van der Waals surface area contributed by atoms with Gasteiger partial charge in [-0.15, -0.1) is 0 Å². The quantitative estimate of drug-likeness (QED) is 0.469. The molecule has 6 nitrogen and oxygen atoms in total. The van der Waals surface area contributed by atoms with Gasteiger partial charge in [0.15, 0.2) is 18.1 Å². The Labute approximate surface area is 139 Å². The van der Waals surface area contributed by atoms with E-state index in [2.05, 4.69) is 5.32 Å². The van der Waals surface area contributed by atoms with E-state index < -0.39 is 5.97 Å². The molecular weight excluding hydrogens is 322 g/mol. The van der Waals surface area contributed by atoms with Gasteiger partial charge < -0.3 is 19.5 Å². The topological polar surface area (TPSA) is 73.9 Å². The average Bonchev–Trinajstić information content (AvgIpc) is 3.00. The molecular formula is C16H18ClNO5. The van der Waals surface area contributed by atoms with Crippen LogP contribution in [-0.2, 0) is 14.3 Å². The predicted molar refractivity (Wildman–Crippen MR) is 85.5 cm³/mol. The van der Waals surface area contributed by atoms with Crippen LogP contribution < -0.4 is 14.8 Å². The zero-order chi connectivity index (χ0) is 16.7. The van der Waals surface area contributed by atoms with Crippen LogP contribution in [0.1, 0.15) is 25.3 Å². The van der Waals surface area contributed by atoms with E-state index in [-0.39, 0.29) is 19.3 Å². The number of hydrogen-bond acceptors (Lipinski definition) is 5. The van der Waals surface area contributed by atoms with Crippen LogP contribution in [0.5, 0.6) is 11.5 Å². The van der Waals surface area contributed by atoms with Gasteiger partial charge in [0, 0.05) is 12.6 Å². The zero-order valence-corrected chi connectivity index (χ0v) is 13.5. The molecule has 0 spiro atoms. The van der Waals surface area contributed by atoms with Crippen molar-refractivity contribution >= 4 is 29.6 Å². The van der Waals surface area contributed by atoms with E-state index in [1.807, 2.05) is 6.92 Å². The van der Waals surface area contributed by atoms with Crippen LogP contribution in [0.3, 0.4) is 0 Å². The summed E-state index contributed by atoms with van der Waals surface area (Å²) >= 11 is 6.05. The standard InChI is InChI=1S/C16H18ClNO5/c1-2-3-6-18-14(19)9-21-15(20)5-4-11-7-12(17)16-13(8-11)22-10-23-16/h4-5,7-8H,2-3,6,9-10H2,1H3,(H,18,19)/b5-4+. The van der Waals surface area contributed by atoms with Gasteiger partial charge in [-0.05, 0) is 30.2 Å². The second-order valence-corrected chi connectivity index (χ2v) is 5.29. The Balaban J connectivity index is 1.82. The van der Waals surface area contributed by atoms with Crippen molar-refractivity contribution < 1.29 is 23.8 Å². The van der Waals surface area contributed by atoms with Gasteiger partial charge in [-0.3, -0.25) is 4.79 Å². The van der Waals surface area contributed by atoms with Crippen molar-refractivity contribution in [1.82, 2.24) is 5.32 Å². The normalized spacial score (nSPS) is 12.4. The average molecular weight is 340 g/mol. The summed E-state index contributed by atoms with van der Waals surface area (Å²) in [6, 6.07) is 3.35. The number of carbonyl (C=O) groups is 2. The molecule has 7 heteroatoms. The third-order valence-electron chi connectivity index (χ3n) is 3.06. The van der Waals surface area contributed by atoms with Crippen LogP contribution in [0.4, 0.5) is 0 Å². The highest BCUT2D eigenvalue weighted by Crippen LogP contribution is 2.40. The molecule has 0 bridgehead atoms. The SMILES string of the molecule is CCCCNC(=O)COC(=O)/C=C/c1cc(Cl)c2c(c1)OCO2. The molecule has 0 saturated carbocycles. The van der Waals surface area contributed by atoms with Gasteiger partial charge in [0.1, 0.15) is 0 Å². The van der Waals surface area contributed by atoms with Crippen LogP contribution in [0.15, 0.2) is 18.2 Å². The van der Waals surface area contributed by atoms with Crippen molar-refractivity contribution in [3.63, 3.8) is 0 Å². The van der Waals surface area contributed by atoms with E-state index >= 15 is 0 Å². The van der Waals surface area contributed by atoms with Crippen LogP contribution in [0.2, 0.25) is 5.02 Å². The lowest BCUT2D eigenvalue weighted by atomic mass is 10.2. The monoisotopic (exact) mass is 339 g/mol. The first kappa shape index (κ1) is 17.1. The lowest BCUT2D eigenvalue weighted by Crippen LogP contribution is -2.29. The molecule has 1 heterocycles. The number of ether oxygens (including phenoxy) is 3. The maximum Gasteiger partial charge on any atom is 0.331 e. The summed E-state index contributed by atoms with van der Waals surface area (Å²) in [5.74, 6) is 0.103. The summed E-state index contributed by atoms with van der Waals surface area (Å²) in [5, 5.41) is 3.07. The van der Waals surface area contributed by atoms with Crippen molar-refractivity contribution in [2.24, 2.45) is 0 Å². The van der Waals surface area contributed by atoms with E-state index in [0.29, 0.717) is 28.6 Å². The van der Waals surface area contributed by atoms with Gasteiger partial charge >= 0.3 is 5.97 Å². The summed E-state index contributed by atoms with van der Waals surface area (Å²) in [5.41, 5.74) is 0.670. The molecule has 0 aliphatic carbocycles. The fraction of sp³-hybridized carbons (Fsp3) is 0.375. The van der Waals surface area contributed by atoms with Gasteiger partial charge in [0.2, 0.25) is 6.79 Å². The van der Waals surface area contributed by atoms with E-state index in [4.69, 9.17) is 25.8 Å². The van der Waals surface area contributed by atoms with E-state index in [0.717, 1.165) is 12.8 Å². The molecule has 0 aromatic heterocycles. The highest BCUT2D eigenvalue weighted by Gasteiger charge is 2.17. The van der Waals surface area contributed by atoms with E-state index in [9.17, 15) is 9.59 Å². The maximum atomic E-state index is 11.6. The third kappa shape index (κ3) is 5.17. The number of esters is 1. The first-order chi connectivity index (χ1) is 11.1. The molecule has 0 radical (unpaired) electrons. The molecule has 1 aromatic rings. The lowest BCUT2D eigenvalue weighted by Gasteiger charge is -2.04. The number of nitrogens with one attached hydrogen (secondary N) is 1. The molecule has 0 unspecified atom stereocenters. The van der Waals surface area contributed by atoms with Crippen molar-refractivity contribution in [1.29, 1.82) is 0 Å². The molecule has 1 amide bonds. The summed E-state index contributed by atoms with van der Waals surface area (Å²) in [6.45, 7) is 2.43. The first-order valence-electron chi connectivity index (χ1n) is 7.31. The second kappa shape index (κ2) is 8.43. The molecule has 23 heavy (non-hydrogen) atoms. The first-order valence-corrected chi connectivity index (χ1v) is 7.68. The number of rotatable bonds is 7. The van der Waals surface area contributed by atoms with Gasteiger partial charge in [-0.2, -0.15) is 0 Å². The Morgan fingerprint density at radius 1 is 1.39 bits per heavy atom. The summed E-state index contributed by atoms with van der Waals surface area (Å²) < 4.78 is 15.3. The van der Waals surface area contributed by atoms with Crippen molar-refractivity contribution in [3.05, 3.63) is 28.8 Å². The Morgan fingerprint density at radius 2 is 2.22 bits per heavy atom. The summed E-state index contributed by atoms with van der Waals surface area (Å²) in [7, 11) is 0. The zero-order valence-electron chi connectivity index (χ0n) is 12.8. The number of unbranched alkanes of at least 4 members (excludes halogenated alkanes) is 1. The Morgan fingerprint density at radius 3 is 3.00 bits per heavy atom. The molecule has 0 saturated heterocycles. The van der Waals surface area contributed by atoms with Crippen molar-refractivity contribution in [3.8, 4) is 11.5 Å². The van der Waals surface area contributed by atoms with Crippen LogP contribution in [0, 0.1) is 0 Å². The van der Waals surface area contributed by atoms with E-state index in [1.165, 1.54) is 12.2 Å². The van der Waals surface area contributed by atoms with Gasteiger partial charge in [-0.1, -0.05) is 24.9 Å². The van der Waals surface area contributed by atoms with Gasteiger partial charge in [0.25, 0.3) is 5.91 Å². The largest absolute Gasteiger partial charge is 0.454 e. The predicted octanol–water partition coefficient (Wildman–Crippen LogP) is 2.54. The molecule has 1 aliphatic heterocycles. The van der Waals surface area contributed by atoms with Crippen molar-refractivity contribution in [2.45, 2.75) is 19.8 Å². The minimum Gasteiger partial charge on any atom is -0.454 e. The fourth-order valence-electron chi connectivity index (χ4n) is 1.89. The number of hydrogen-bond donors (Lipinski definition) is 1. The molecule has 124 valence electrons. The number of halogens is 1. The van der Waals surface area contributed by atoms with Crippen molar-refractivity contribution in [2.75, 3.05) is 19.9 Å². The Kier molecular flexibility index (Phi) is 6.29. The third-order valence-corrected chi connectivity index (χ3v) is 3.34. The van der Waals surface area contributed by atoms with Crippen LogP contribution in [0.25, 0.3) is 6.08 Å². The van der Waals surface area contributed by atoms with Gasteiger partial charge in [-0.25, -0.2) is 4.79 Å². The summed E-state index contributed by atoms with van der Waals surface area (Å²) in [4.78, 5) is 23.0. The highest BCUT2D eigenvalue weighted by atomic mass is 35.5. The number of benzene rings is 1.